The number of carboxylic acids is 2. The number of carbonyl (C=O) groups excluding carboxylic acids is 3. The van der Waals surface area contributed by atoms with Crippen LogP contribution in [0.2, 0.25) is 0 Å². The van der Waals surface area contributed by atoms with Crippen molar-refractivity contribution in [3.05, 3.63) is 0 Å². The minimum atomic E-state index is -1.57. The van der Waals surface area contributed by atoms with E-state index in [1.165, 1.54) is 4.90 Å². The Hall–Kier alpha value is -3.46. The number of aliphatic imine (C=N–C) groups is 1. The third-order valence-corrected chi connectivity index (χ3v) is 5.20. The van der Waals surface area contributed by atoms with E-state index in [0.29, 0.717) is 12.8 Å². The third kappa shape index (κ3) is 9.19. The van der Waals surface area contributed by atoms with Crippen molar-refractivity contribution in [3.63, 3.8) is 0 Å². The normalized spacial score (nSPS) is 17.8. The molecule has 0 aromatic rings. The molecule has 1 aliphatic rings. The molecule has 15 heteroatoms. The summed E-state index contributed by atoms with van der Waals surface area (Å²) in [5, 5.41) is 31.7. The molecule has 0 saturated carbocycles. The first-order valence-corrected chi connectivity index (χ1v) is 10.8. The number of amides is 3. The summed E-state index contributed by atoms with van der Waals surface area (Å²) in [6.45, 7) is -0.462. The molecule has 1 fully saturated rings. The smallest absolute Gasteiger partial charge is 0.328 e. The lowest BCUT2D eigenvalue weighted by atomic mass is 10.1. The van der Waals surface area contributed by atoms with Crippen molar-refractivity contribution >= 4 is 35.6 Å². The number of nitrogens with one attached hydrogen (secondary N) is 2. The van der Waals surface area contributed by atoms with E-state index in [2.05, 4.69) is 15.6 Å². The zero-order chi connectivity index (χ0) is 25.8. The average Bonchev–Trinajstić information content (AvgIpc) is 3.26. The largest absolute Gasteiger partial charge is 0.481 e. The van der Waals surface area contributed by atoms with Crippen molar-refractivity contribution < 1.29 is 39.3 Å². The van der Waals surface area contributed by atoms with Crippen molar-refractivity contribution in [3.8, 4) is 0 Å². The van der Waals surface area contributed by atoms with Crippen LogP contribution in [-0.4, -0.2) is 99.7 Å². The molecule has 0 bridgehead atoms. The van der Waals surface area contributed by atoms with Gasteiger partial charge in [-0.25, -0.2) is 4.79 Å². The molecule has 1 saturated heterocycles. The van der Waals surface area contributed by atoms with Crippen LogP contribution in [0.25, 0.3) is 0 Å². The van der Waals surface area contributed by atoms with Gasteiger partial charge in [0.2, 0.25) is 17.7 Å². The predicted molar refractivity (Wildman–Crippen MR) is 118 cm³/mol. The predicted octanol–water partition coefficient (Wildman–Crippen LogP) is -3.73. The first kappa shape index (κ1) is 28.6. The number of likely N-dealkylation sites (tertiary alicyclic amines) is 1. The van der Waals surface area contributed by atoms with Crippen molar-refractivity contribution in [2.45, 2.75) is 62.7 Å². The van der Waals surface area contributed by atoms with Gasteiger partial charge >= 0.3 is 11.9 Å². The van der Waals surface area contributed by atoms with E-state index < -0.39 is 60.4 Å². The summed E-state index contributed by atoms with van der Waals surface area (Å²) in [7, 11) is 0. The zero-order valence-electron chi connectivity index (χ0n) is 18.7. The molecule has 15 nitrogen and oxygen atoms in total. The Kier molecular flexibility index (Phi) is 11.7. The molecule has 1 heterocycles. The van der Waals surface area contributed by atoms with Crippen molar-refractivity contribution in [1.82, 2.24) is 15.5 Å². The van der Waals surface area contributed by atoms with Crippen LogP contribution < -0.4 is 27.8 Å². The SMILES string of the molecule is NC(N)=NCCCC(NC(=O)C1CCCN1C(=O)C(N)CCC(=O)O)C(=O)NC(CO)C(=O)O. The topological polar surface area (TPSA) is 264 Å². The maximum absolute atomic E-state index is 12.9. The lowest BCUT2D eigenvalue weighted by molar-refractivity contribution is -0.144. The van der Waals surface area contributed by atoms with Crippen LogP contribution in [0.1, 0.15) is 38.5 Å². The van der Waals surface area contributed by atoms with E-state index in [-0.39, 0.29) is 44.7 Å². The van der Waals surface area contributed by atoms with E-state index in [1.807, 2.05) is 0 Å². The van der Waals surface area contributed by atoms with Crippen LogP contribution in [0.5, 0.6) is 0 Å². The van der Waals surface area contributed by atoms with Gasteiger partial charge in [-0.2, -0.15) is 0 Å². The quantitative estimate of drug-likeness (QED) is 0.0670. The molecule has 4 atom stereocenters. The number of carbonyl (C=O) groups is 5. The molecule has 0 aromatic heterocycles. The van der Waals surface area contributed by atoms with Gasteiger partial charge in [0.1, 0.15) is 18.1 Å². The van der Waals surface area contributed by atoms with Gasteiger partial charge in [-0.15, -0.1) is 0 Å². The van der Waals surface area contributed by atoms with Crippen LogP contribution >= 0.6 is 0 Å². The highest BCUT2D eigenvalue weighted by molar-refractivity contribution is 5.94. The minimum absolute atomic E-state index is 0.0465. The molecule has 11 N–H and O–H groups in total. The summed E-state index contributed by atoms with van der Waals surface area (Å²) >= 11 is 0. The second kappa shape index (κ2) is 13.9. The Balaban J connectivity index is 2.90. The van der Waals surface area contributed by atoms with Crippen molar-refractivity contribution in [2.24, 2.45) is 22.2 Å². The van der Waals surface area contributed by atoms with Crippen LogP contribution in [-0.2, 0) is 24.0 Å². The molecule has 0 aromatic carbocycles. The Morgan fingerprint density at radius 1 is 1.06 bits per heavy atom. The Bertz CT molecular complexity index is 787. The fourth-order valence-electron chi connectivity index (χ4n) is 3.42. The maximum Gasteiger partial charge on any atom is 0.328 e. The van der Waals surface area contributed by atoms with Crippen molar-refractivity contribution in [1.29, 1.82) is 0 Å². The second-order valence-electron chi connectivity index (χ2n) is 7.82. The fourth-order valence-corrected chi connectivity index (χ4v) is 3.42. The summed E-state index contributed by atoms with van der Waals surface area (Å²) in [6.07, 6.45) is 0.728. The van der Waals surface area contributed by atoms with Gasteiger partial charge in [0.15, 0.2) is 5.96 Å². The highest BCUT2D eigenvalue weighted by Crippen LogP contribution is 2.19. The number of nitrogens with two attached hydrogens (primary N) is 3. The van der Waals surface area contributed by atoms with Gasteiger partial charge in [-0.05, 0) is 32.1 Å². The van der Waals surface area contributed by atoms with Crippen LogP contribution in [0.15, 0.2) is 4.99 Å². The summed E-state index contributed by atoms with van der Waals surface area (Å²) in [4.78, 5) is 65.1. The molecule has 0 spiro atoms. The highest BCUT2D eigenvalue weighted by atomic mass is 16.4. The van der Waals surface area contributed by atoms with Gasteiger partial charge in [-0.3, -0.25) is 24.2 Å². The van der Waals surface area contributed by atoms with Gasteiger partial charge in [0, 0.05) is 19.5 Å². The number of aliphatic carboxylic acids is 2. The number of nitrogens with zero attached hydrogens (tertiary/aromatic N) is 2. The lowest BCUT2D eigenvalue weighted by Gasteiger charge is -2.28. The number of aliphatic hydroxyl groups excluding tert-OH is 1. The third-order valence-electron chi connectivity index (χ3n) is 5.20. The van der Waals surface area contributed by atoms with Crippen LogP contribution in [0.3, 0.4) is 0 Å². The molecule has 1 rings (SSSR count). The number of rotatable bonds is 14. The van der Waals surface area contributed by atoms with Crippen LogP contribution in [0, 0.1) is 0 Å². The van der Waals surface area contributed by atoms with E-state index in [0.717, 1.165) is 0 Å². The molecule has 1 aliphatic heterocycles. The Morgan fingerprint density at radius 2 is 1.74 bits per heavy atom. The van der Waals surface area contributed by atoms with E-state index >= 15 is 0 Å². The van der Waals surface area contributed by atoms with Crippen molar-refractivity contribution in [2.75, 3.05) is 19.7 Å². The highest BCUT2D eigenvalue weighted by Gasteiger charge is 2.37. The molecule has 4 unspecified atom stereocenters. The average molecular weight is 488 g/mol. The molecular weight excluding hydrogens is 454 g/mol. The molecule has 192 valence electrons. The zero-order valence-corrected chi connectivity index (χ0v) is 18.7. The number of aliphatic hydroxyl groups is 1. The standard InChI is InChI=1S/C19H33N7O8/c20-10(5-6-14(28)29)17(32)26-8-2-4-13(26)16(31)24-11(3-1-7-23-19(21)22)15(30)25-12(9-27)18(33)34/h10-13,27H,1-9,20H2,(H,24,31)(H,25,30)(H,28,29)(H,33,34)(H4,21,22,23). The summed E-state index contributed by atoms with van der Waals surface area (Å²) in [5.41, 5.74) is 16.3. The molecular formula is C19H33N7O8. The Morgan fingerprint density at radius 3 is 2.29 bits per heavy atom. The lowest BCUT2D eigenvalue weighted by Crippen LogP contribution is -2.57. The first-order chi connectivity index (χ1) is 16.0. The second-order valence-corrected chi connectivity index (χ2v) is 7.82. The Labute approximate surface area is 195 Å². The number of hydrogen-bond acceptors (Lipinski definition) is 8. The molecule has 34 heavy (non-hydrogen) atoms. The van der Waals surface area contributed by atoms with Gasteiger partial charge < -0.3 is 48.1 Å². The number of guanidine groups is 1. The summed E-state index contributed by atoms with van der Waals surface area (Å²) in [6, 6.07) is -4.77. The fraction of sp³-hybridized carbons (Fsp3) is 0.684. The summed E-state index contributed by atoms with van der Waals surface area (Å²) < 4.78 is 0. The monoisotopic (exact) mass is 487 g/mol. The van der Waals surface area contributed by atoms with E-state index in [9.17, 15) is 24.0 Å². The van der Waals surface area contributed by atoms with Gasteiger partial charge in [0.05, 0.1) is 12.6 Å². The first-order valence-electron chi connectivity index (χ1n) is 10.8. The van der Waals surface area contributed by atoms with Gasteiger partial charge in [0.25, 0.3) is 0 Å². The number of carboxylic acid groups (broad SMARTS) is 2. The van der Waals surface area contributed by atoms with E-state index in [4.69, 9.17) is 32.5 Å². The molecule has 0 aliphatic carbocycles. The molecule has 0 radical (unpaired) electrons. The maximum atomic E-state index is 12.9. The number of hydrogen-bond donors (Lipinski definition) is 8. The van der Waals surface area contributed by atoms with E-state index in [1.54, 1.807) is 0 Å². The molecule has 3 amide bonds. The summed E-state index contributed by atoms with van der Waals surface area (Å²) in [5.74, 6) is -4.77. The minimum Gasteiger partial charge on any atom is -0.481 e. The van der Waals surface area contributed by atoms with Crippen LogP contribution in [0.4, 0.5) is 0 Å². The van der Waals surface area contributed by atoms with Gasteiger partial charge in [-0.1, -0.05) is 0 Å².